The van der Waals surface area contributed by atoms with Gasteiger partial charge in [-0.2, -0.15) is 0 Å². The van der Waals surface area contributed by atoms with E-state index in [1.54, 1.807) is 13.1 Å². The zero-order chi connectivity index (χ0) is 14.2. The summed E-state index contributed by atoms with van der Waals surface area (Å²) in [5.41, 5.74) is 2.39. The van der Waals surface area contributed by atoms with Gasteiger partial charge in [0.05, 0.1) is 12.1 Å². The number of hydrogen-bond acceptors (Lipinski definition) is 4. The van der Waals surface area contributed by atoms with Crippen molar-refractivity contribution in [2.75, 3.05) is 0 Å². The van der Waals surface area contributed by atoms with E-state index in [2.05, 4.69) is 10.1 Å². The van der Waals surface area contributed by atoms with Gasteiger partial charge in [0.2, 0.25) is 0 Å². The summed E-state index contributed by atoms with van der Waals surface area (Å²) >= 11 is 0. The highest BCUT2D eigenvalue weighted by Gasteiger charge is 2.05. The van der Waals surface area contributed by atoms with E-state index in [4.69, 9.17) is 4.84 Å². The average Bonchev–Trinajstić information content (AvgIpc) is 2.52. The molecule has 4 heteroatoms. The predicted octanol–water partition coefficient (Wildman–Crippen LogP) is 2.98. The van der Waals surface area contributed by atoms with Crippen molar-refractivity contribution in [1.29, 1.82) is 0 Å². The van der Waals surface area contributed by atoms with Crippen LogP contribution in [0.4, 0.5) is 0 Å². The molecule has 0 atom stereocenters. The fourth-order valence-corrected chi connectivity index (χ4v) is 1.68. The standard InChI is InChI=1S/C16H16N2O2/c1-13(15-9-5-6-12-17-15)18-20-16(19)11-10-14-7-3-2-4-8-14/h2-9,12H,10-11H2,1H3. The average molecular weight is 268 g/mol. The normalized spacial score (nSPS) is 11.2. The molecule has 0 radical (unpaired) electrons. The molecule has 0 aliphatic carbocycles. The number of hydrogen-bond donors (Lipinski definition) is 0. The number of pyridine rings is 1. The maximum absolute atomic E-state index is 11.6. The van der Waals surface area contributed by atoms with Crippen LogP contribution in [0, 0.1) is 0 Å². The minimum absolute atomic E-state index is 0.309. The molecule has 2 rings (SSSR count). The Balaban J connectivity index is 1.83. The summed E-state index contributed by atoms with van der Waals surface area (Å²) in [7, 11) is 0. The molecule has 1 aromatic carbocycles. The van der Waals surface area contributed by atoms with E-state index in [0.29, 0.717) is 24.2 Å². The fraction of sp³-hybridized carbons (Fsp3) is 0.188. The van der Waals surface area contributed by atoms with Crippen molar-refractivity contribution in [1.82, 2.24) is 4.98 Å². The summed E-state index contributed by atoms with van der Waals surface area (Å²) in [6.07, 6.45) is 2.63. The van der Waals surface area contributed by atoms with Crippen LogP contribution in [0.3, 0.4) is 0 Å². The molecule has 20 heavy (non-hydrogen) atoms. The SMILES string of the molecule is CC(=NOC(=O)CCc1ccccc1)c1ccccn1. The van der Waals surface area contributed by atoms with Crippen LogP contribution in [0.15, 0.2) is 59.9 Å². The van der Waals surface area contributed by atoms with E-state index in [1.807, 2.05) is 48.5 Å². The van der Waals surface area contributed by atoms with E-state index < -0.39 is 0 Å². The van der Waals surface area contributed by atoms with Gasteiger partial charge in [0.15, 0.2) is 0 Å². The van der Waals surface area contributed by atoms with Crippen molar-refractivity contribution in [2.24, 2.45) is 5.16 Å². The van der Waals surface area contributed by atoms with Gasteiger partial charge in [0.1, 0.15) is 5.71 Å². The molecule has 1 aromatic heterocycles. The molecule has 0 amide bonds. The lowest BCUT2D eigenvalue weighted by atomic mass is 10.1. The van der Waals surface area contributed by atoms with Gasteiger partial charge in [-0.3, -0.25) is 4.98 Å². The molecule has 0 aliphatic rings. The first-order valence-corrected chi connectivity index (χ1v) is 6.45. The van der Waals surface area contributed by atoms with Crippen molar-refractivity contribution in [2.45, 2.75) is 19.8 Å². The fourth-order valence-electron chi connectivity index (χ4n) is 1.68. The molecule has 0 bridgehead atoms. The van der Waals surface area contributed by atoms with E-state index in [9.17, 15) is 4.79 Å². The van der Waals surface area contributed by atoms with Crippen LogP contribution < -0.4 is 0 Å². The van der Waals surface area contributed by atoms with Crippen LogP contribution in [0.25, 0.3) is 0 Å². The predicted molar refractivity (Wildman–Crippen MR) is 77.3 cm³/mol. The molecule has 0 aliphatic heterocycles. The molecular weight excluding hydrogens is 252 g/mol. The molecule has 4 nitrogen and oxygen atoms in total. The maximum atomic E-state index is 11.6. The third kappa shape index (κ3) is 4.31. The Hall–Kier alpha value is -2.49. The first kappa shape index (κ1) is 13.9. The Morgan fingerprint density at radius 1 is 1.15 bits per heavy atom. The van der Waals surface area contributed by atoms with Crippen LogP contribution in [-0.4, -0.2) is 16.7 Å². The molecule has 0 saturated heterocycles. The Morgan fingerprint density at radius 3 is 2.60 bits per heavy atom. The quantitative estimate of drug-likeness (QED) is 0.476. The number of oxime groups is 1. The van der Waals surface area contributed by atoms with Crippen LogP contribution >= 0.6 is 0 Å². The minimum Gasteiger partial charge on any atom is -0.318 e. The molecule has 0 spiro atoms. The van der Waals surface area contributed by atoms with E-state index >= 15 is 0 Å². The highest BCUT2D eigenvalue weighted by atomic mass is 16.7. The Kier molecular flexibility index (Phi) is 5.00. The molecule has 1 heterocycles. The first-order valence-electron chi connectivity index (χ1n) is 6.45. The molecule has 0 unspecified atom stereocenters. The van der Waals surface area contributed by atoms with Gasteiger partial charge >= 0.3 is 5.97 Å². The van der Waals surface area contributed by atoms with E-state index in [-0.39, 0.29) is 5.97 Å². The molecule has 0 fully saturated rings. The summed E-state index contributed by atoms with van der Waals surface area (Å²) in [5, 5.41) is 3.81. The van der Waals surface area contributed by atoms with Gasteiger partial charge in [0, 0.05) is 6.20 Å². The second-order valence-corrected chi connectivity index (χ2v) is 4.34. The monoisotopic (exact) mass is 268 g/mol. The Labute approximate surface area is 118 Å². The number of nitrogens with zero attached hydrogens (tertiary/aromatic N) is 2. The number of aromatic nitrogens is 1. The van der Waals surface area contributed by atoms with Crippen LogP contribution in [0.5, 0.6) is 0 Å². The smallest absolute Gasteiger partial charge is 0.318 e. The van der Waals surface area contributed by atoms with Crippen molar-refractivity contribution in [3.8, 4) is 0 Å². The second-order valence-electron chi connectivity index (χ2n) is 4.34. The molecule has 0 saturated carbocycles. The lowest BCUT2D eigenvalue weighted by Gasteiger charge is -2.01. The molecule has 0 N–H and O–H groups in total. The van der Waals surface area contributed by atoms with E-state index in [1.165, 1.54) is 0 Å². The minimum atomic E-state index is -0.343. The summed E-state index contributed by atoms with van der Waals surface area (Å²) < 4.78 is 0. The Bertz CT molecular complexity index is 580. The van der Waals surface area contributed by atoms with Crippen molar-refractivity contribution in [3.05, 3.63) is 66.0 Å². The zero-order valence-electron chi connectivity index (χ0n) is 11.3. The highest BCUT2D eigenvalue weighted by molar-refractivity contribution is 5.96. The number of carbonyl (C=O) groups is 1. The van der Waals surface area contributed by atoms with Gasteiger partial charge in [-0.05, 0) is 31.0 Å². The third-order valence-electron chi connectivity index (χ3n) is 2.78. The van der Waals surface area contributed by atoms with Gasteiger partial charge in [-0.1, -0.05) is 41.6 Å². The molecule has 102 valence electrons. The molecule has 2 aromatic rings. The van der Waals surface area contributed by atoms with Gasteiger partial charge in [0.25, 0.3) is 0 Å². The first-order chi connectivity index (χ1) is 9.75. The second kappa shape index (κ2) is 7.19. The maximum Gasteiger partial charge on any atom is 0.335 e. The lowest BCUT2D eigenvalue weighted by molar-refractivity contribution is -0.143. The van der Waals surface area contributed by atoms with Gasteiger partial charge in [-0.15, -0.1) is 0 Å². The summed E-state index contributed by atoms with van der Waals surface area (Å²) in [6.45, 7) is 1.76. The van der Waals surface area contributed by atoms with E-state index in [0.717, 1.165) is 5.56 Å². The highest BCUT2D eigenvalue weighted by Crippen LogP contribution is 2.04. The number of benzene rings is 1. The zero-order valence-corrected chi connectivity index (χ0v) is 11.3. The van der Waals surface area contributed by atoms with Crippen molar-refractivity contribution >= 4 is 11.7 Å². The summed E-state index contributed by atoms with van der Waals surface area (Å²) in [5.74, 6) is -0.343. The lowest BCUT2D eigenvalue weighted by Crippen LogP contribution is -2.05. The van der Waals surface area contributed by atoms with Gasteiger partial charge < -0.3 is 4.84 Å². The van der Waals surface area contributed by atoms with Crippen molar-refractivity contribution in [3.63, 3.8) is 0 Å². The topological polar surface area (TPSA) is 51.5 Å². The van der Waals surface area contributed by atoms with Crippen LogP contribution in [0.1, 0.15) is 24.6 Å². The summed E-state index contributed by atoms with van der Waals surface area (Å²) in [4.78, 5) is 20.6. The number of rotatable bonds is 5. The number of aryl methyl sites for hydroxylation is 1. The van der Waals surface area contributed by atoms with Gasteiger partial charge in [-0.25, -0.2) is 4.79 Å². The Morgan fingerprint density at radius 2 is 1.90 bits per heavy atom. The van der Waals surface area contributed by atoms with Crippen molar-refractivity contribution < 1.29 is 9.63 Å². The van der Waals surface area contributed by atoms with Crippen LogP contribution in [-0.2, 0) is 16.1 Å². The number of carbonyl (C=O) groups excluding carboxylic acids is 1. The van der Waals surface area contributed by atoms with Crippen LogP contribution in [0.2, 0.25) is 0 Å². The molecular formula is C16H16N2O2. The summed E-state index contributed by atoms with van der Waals surface area (Å²) in [6, 6.07) is 15.3. The largest absolute Gasteiger partial charge is 0.335 e. The third-order valence-corrected chi connectivity index (χ3v) is 2.78.